The largest absolute Gasteiger partial charge is 0.444 e. The normalized spacial score (nSPS) is 15.8. The van der Waals surface area contributed by atoms with Gasteiger partial charge in [0.1, 0.15) is 5.60 Å². The van der Waals surface area contributed by atoms with Crippen LogP contribution in [0.1, 0.15) is 57.7 Å². The van der Waals surface area contributed by atoms with Gasteiger partial charge in [-0.2, -0.15) is 0 Å². The summed E-state index contributed by atoms with van der Waals surface area (Å²) in [6.07, 6.45) is 3.28. The average molecular weight is 342 g/mol. The zero-order valence-electron chi connectivity index (χ0n) is 15.4. The van der Waals surface area contributed by atoms with Crippen molar-refractivity contribution in [1.82, 2.24) is 4.90 Å². The Kier molecular flexibility index (Phi) is 6.10. The summed E-state index contributed by atoms with van der Waals surface area (Å²) in [6.45, 7) is 8.76. The van der Waals surface area contributed by atoms with Crippen LogP contribution in [-0.2, 0) is 4.74 Å². The lowest BCUT2D eigenvalue weighted by Crippen LogP contribution is -2.39. The molecule has 0 N–H and O–H groups in total. The molecule has 1 aromatic rings. The fourth-order valence-corrected chi connectivity index (χ4v) is 2.91. The second-order valence-corrected chi connectivity index (χ2v) is 7.12. The molecule has 134 valence electrons. The molecule has 1 aliphatic heterocycles. The molecule has 1 unspecified atom stereocenters. The Bertz CT molecular complexity index is 700. The van der Waals surface area contributed by atoms with E-state index in [1.54, 1.807) is 4.90 Å². The maximum absolute atomic E-state index is 12.2. The van der Waals surface area contributed by atoms with Crippen molar-refractivity contribution in [2.24, 2.45) is 5.11 Å². The molecule has 1 atom stereocenters. The Labute approximate surface area is 149 Å². The first-order chi connectivity index (χ1) is 11.9. The first kappa shape index (κ1) is 18.9. The highest BCUT2D eigenvalue weighted by Crippen LogP contribution is 2.32. The molecule has 0 aromatic heterocycles. The lowest BCUT2D eigenvalue weighted by Gasteiger charge is -2.30. The second kappa shape index (κ2) is 8.08. The van der Waals surface area contributed by atoms with Crippen LogP contribution >= 0.6 is 0 Å². The third-order valence-electron chi connectivity index (χ3n) is 4.10. The van der Waals surface area contributed by atoms with E-state index in [1.807, 2.05) is 45.9 Å². The lowest BCUT2D eigenvalue weighted by atomic mass is 9.91. The van der Waals surface area contributed by atoms with Crippen LogP contribution in [0.15, 0.2) is 35.5 Å². The van der Waals surface area contributed by atoms with E-state index < -0.39 is 5.60 Å². The number of ether oxygens (including phenoxy) is 1. The number of azide groups is 1. The van der Waals surface area contributed by atoms with Crippen molar-refractivity contribution < 1.29 is 9.53 Å². The second-order valence-electron chi connectivity index (χ2n) is 7.12. The van der Waals surface area contributed by atoms with Crippen LogP contribution in [0.5, 0.6) is 0 Å². The van der Waals surface area contributed by atoms with Crippen molar-refractivity contribution in [2.45, 2.75) is 52.2 Å². The first-order valence-corrected chi connectivity index (χ1v) is 8.66. The summed E-state index contributed by atoms with van der Waals surface area (Å²) in [4.78, 5) is 16.9. The van der Waals surface area contributed by atoms with Gasteiger partial charge in [-0.25, -0.2) is 4.79 Å². The van der Waals surface area contributed by atoms with Crippen LogP contribution in [0, 0.1) is 0 Å². The van der Waals surface area contributed by atoms with Gasteiger partial charge in [0.05, 0.1) is 6.04 Å². The van der Waals surface area contributed by atoms with Gasteiger partial charge < -0.3 is 9.64 Å². The van der Waals surface area contributed by atoms with Crippen molar-refractivity contribution in [2.75, 3.05) is 13.1 Å². The van der Waals surface area contributed by atoms with Gasteiger partial charge in [-0.3, -0.25) is 0 Å². The highest BCUT2D eigenvalue weighted by Gasteiger charge is 2.24. The fraction of sp³-hybridized carbons (Fsp3) is 0.526. The molecule has 1 heterocycles. The van der Waals surface area contributed by atoms with Crippen LogP contribution in [-0.4, -0.2) is 29.7 Å². The van der Waals surface area contributed by atoms with E-state index in [9.17, 15) is 4.79 Å². The summed E-state index contributed by atoms with van der Waals surface area (Å²) in [6, 6.07) is 7.85. The van der Waals surface area contributed by atoms with Crippen LogP contribution < -0.4 is 0 Å². The Hall–Kier alpha value is -2.46. The van der Waals surface area contributed by atoms with Crippen molar-refractivity contribution in [3.8, 4) is 0 Å². The summed E-state index contributed by atoms with van der Waals surface area (Å²) in [5, 5.41) is 3.92. The van der Waals surface area contributed by atoms with Gasteiger partial charge in [0, 0.05) is 18.0 Å². The predicted octanol–water partition coefficient (Wildman–Crippen LogP) is 5.47. The zero-order valence-corrected chi connectivity index (χ0v) is 15.4. The molecule has 0 fully saturated rings. The van der Waals surface area contributed by atoms with Gasteiger partial charge >= 0.3 is 6.09 Å². The van der Waals surface area contributed by atoms with Crippen molar-refractivity contribution in [3.05, 3.63) is 51.9 Å². The van der Waals surface area contributed by atoms with Crippen molar-refractivity contribution in [3.63, 3.8) is 0 Å². The molecule has 6 heteroatoms. The Balaban J connectivity index is 2.19. The van der Waals surface area contributed by atoms with E-state index in [1.165, 1.54) is 5.57 Å². The first-order valence-electron chi connectivity index (χ1n) is 8.66. The minimum Gasteiger partial charge on any atom is -0.444 e. The molecule has 0 radical (unpaired) electrons. The van der Waals surface area contributed by atoms with Crippen molar-refractivity contribution in [1.29, 1.82) is 0 Å². The van der Waals surface area contributed by atoms with E-state index in [4.69, 9.17) is 10.3 Å². The summed E-state index contributed by atoms with van der Waals surface area (Å²) < 4.78 is 5.43. The minimum absolute atomic E-state index is 0.175. The molecule has 0 bridgehead atoms. The average Bonchev–Trinajstić information content (AvgIpc) is 2.58. The lowest BCUT2D eigenvalue weighted by molar-refractivity contribution is 0.0270. The summed E-state index contributed by atoms with van der Waals surface area (Å²) in [5.74, 6) is 0. The summed E-state index contributed by atoms with van der Waals surface area (Å²) in [7, 11) is 0. The number of carbonyl (C=O) groups excluding carboxylic acids is 1. The molecule has 1 aliphatic rings. The van der Waals surface area contributed by atoms with E-state index in [2.05, 4.69) is 22.2 Å². The Morgan fingerprint density at radius 1 is 1.40 bits per heavy atom. The number of hydrogen-bond donors (Lipinski definition) is 0. The molecule has 0 spiro atoms. The number of benzene rings is 1. The third-order valence-corrected chi connectivity index (χ3v) is 4.10. The standard InChI is InChI=1S/C19H26N4O2/c1-5-17(21-22-20)16-9-7-6-8-15(16)14-10-12-23(13-11-14)18(24)25-19(2,3)4/h6-10,17H,5,11-13H2,1-4H3. The van der Waals surface area contributed by atoms with E-state index in [-0.39, 0.29) is 12.1 Å². The molecule has 0 saturated heterocycles. The smallest absolute Gasteiger partial charge is 0.410 e. The number of rotatable bonds is 4. The van der Waals surface area contributed by atoms with Gasteiger partial charge in [0.15, 0.2) is 0 Å². The van der Waals surface area contributed by atoms with E-state index in [0.29, 0.717) is 13.1 Å². The topological polar surface area (TPSA) is 78.3 Å². The predicted molar refractivity (Wildman–Crippen MR) is 99.0 cm³/mol. The number of carbonyl (C=O) groups is 1. The van der Waals surface area contributed by atoms with Crippen LogP contribution in [0.25, 0.3) is 16.0 Å². The SMILES string of the molecule is CCC(N=[N+]=[N-])c1ccccc1C1=CCN(C(=O)OC(C)(C)C)CC1. The highest BCUT2D eigenvalue weighted by molar-refractivity contribution is 5.74. The Morgan fingerprint density at radius 3 is 2.68 bits per heavy atom. The molecule has 25 heavy (non-hydrogen) atoms. The molecule has 0 aliphatic carbocycles. The molecule has 2 rings (SSSR count). The molecule has 6 nitrogen and oxygen atoms in total. The molecular weight excluding hydrogens is 316 g/mol. The third kappa shape index (κ3) is 5.00. The van der Waals surface area contributed by atoms with Crippen LogP contribution in [0.2, 0.25) is 0 Å². The van der Waals surface area contributed by atoms with Gasteiger partial charge in [0.2, 0.25) is 0 Å². The Morgan fingerprint density at radius 2 is 2.12 bits per heavy atom. The highest BCUT2D eigenvalue weighted by atomic mass is 16.6. The van der Waals surface area contributed by atoms with Gasteiger partial charge in [-0.05, 0) is 55.8 Å². The fourth-order valence-electron chi connectivity index (χ4n) is 2.91. The minimum atomic E-state index is -0.489. The van der Waals surface area contributed by atoms with Crippen LogP contribution in [0.4, 0.5) is 4.79 Å². The summed E-state index contributed by atoms with van der Waals surface area (Å²) in [5.41, 5.74) is 11.6. The maximum Gasteiger partial charge on any atom is 0.410 e. The molecule has 1 aromatic carbocycles. The van der Waals surface area contributed by atoms with Gasteiger partial charge in [-0.15, -0.1) is 0 Å². The molecule has 0 saturated carbocycles. The van der Waals surface area contributed by atoms with Gasteiger partial charge in [-0.1, -0.05) is 42.4 Å². The van der Waals surface area contributed by atoms with Crippen LogP contribution in [0.3, 0.4) is 0 Å². The maximum atomic E-state index is 12.2. The zero-order chi connectivity index (χ0) is 18.4. The van der Waals surface area contributed by atoms with E-state index in [0.717, 1.165) is 24.0 Å². The quantitative estimate of drug-likeness (QED) is 0.413. The number of hydrogen-bond acceptors (Lipinski definition) is 3. The summed E-state index contributed by atoms with van der Waals surface area (Å²) >= 11 is 0. The number of nitrogens with zero attached hydrogens (tertiary/aromatic N) is 4. The van der Waals surface area contributed by atoms with E-state index >= 15 is 0 Å². The van der Waals surface area contributed by atoms with Gasteiger partial charge in [0.25, 0.3) is 0 Å². The van der Waals surface area contributed by atoms with Crippen molar-refractivity contribution >= 4 is 11.7 Å². The number of amides is 1. The monoisotopic (exact) mass is 342 g/mol. The molecule has 1 amide bonds. The molecular formula is C19H26N4O2.